The Morgan fingerprint density at radius 1 is 0.606 bits per heavy atom. The summed E-state index contributed by atoms with van der Waals surface area (Å²) in [6, 6.07) is 17.9. The molecule has 0 unspecified atom stereocenters. The Bertz CT molecular complexity index is 1340. The highest BCUT2D eigenvalue weighted by Gasteiger charge is 2.10. The summed E-state index contributed by atoms with van der Waals surface area (Å²) >= 11 is 0. The van der Waals surface area contributed by atoms with Crippen molar-refractivity contribution in [2.24, 2.45) is 0 Å². The lowest BCUT2D eigenvalue weighted by Crippen LogP contribution is -1.98. The van der Waals surface area contributed by atoms with Crippen LogP contribution in [0.3, 0.4) is 0 Å². The molecule has 0 saturated heterocycles. The van der Waals surface area contributed by atoms with Crippen LogP contribution in [0, 0.1) is 35.1 Å². The Kier molecular flexibility index (Phi) is 6.79. The first-order valence-electron chi connectivity index (χ1n) is 10.9. The van der Waals surface area contributed by atoms with Gasteiger partial charge in [-0.15, -0.1) is 0 Å². The summed E-state index contributed by atoms with van der Waals surface area (Å²) in [4.78, 5) is 0. The van der Waals surface area contributed by atoms with Crippen LogP contribution in [0.5, 0.6) is 0 Å². The second-order valence-corrected chi connectivity index (χ2v) is 8.05. The van der Waals surface area contributed by atoms with Crippen molar-refractivity contribution in [2.75, 3.05) is 0 Å². The van der Waals surface area contributed by atoms with Gasteiger partial charge in [-0.05, 0) is 71.7 Å². The van der Waals surface area contributed by atoms with Crippen LogP contribution in [0.1, 0.15) is 41.2 Å². The summed E-state index contributed by atoms with van der Waals surface area (Å²) in [5.74, 6) is 1.95. The predicted molar refractivity (Wildman–Crippen MR) is 124 cm³/mol. The molecule has 0 aliphatic heterocycles. The number of halogens is 4. The van der Waals surface area contributed by atoms with Gasteiger partial charge in [0.1, 0.15) is 11.6 Å². The van der Waals surface area contributed by atoms with Crippen LogP contribution in [0.2, 0.25) is 0 Å². The Labute approximate surface area is 190 Å². The van der Waals surface area contributed by atoms with E-state index in [1.807, 2.05) is 0 Å². The van der Waals surface area contributed by atoms with Crippen LogP contribution in [-0.2, 0) is 19.3 Å². The van der Waals surface area contributed by atoms with Gasteiger partial charge in [0.15, 0.2) is 11.6 Å². The number of fused-ring (bicyclic) bond motifs is 1. The standard InChI is InChI=1S/C29H22F4/c1-2-3-19-4-6-20(7-5-19)8-9-22-17-27(31)25(28(32)18-22)14-11-21-10-13-24-23(16-21)12-15-26(30)29(24)33/h4-7,10,12-13,15-18H,2-3,8-9H2,1H3. The maximum Gasteiger partial charge on any atom is 0.166 e. The van der Waals surface area contributed by atoms with Gasteiger partial charge in [0, 0.05) is 10.9 Å². The second-order valence-electron chi connectivity index (χ2n) is 8.05. The molecule has 0 radical (unpaired) electrons. The third-order valence-corrected chi connectivity index (χ3v) is 5.60. The molecule has 0 nitrogen and oxygen atoms in total. The molecule has 166 valence electrons. The van der Waals surface area contributed by atoms with Gasteiger partial charge >= 0.3 is 0 Å². The van der Waals surface area contributed by atoms with Gasteiger partial charge in [0.25, 0.3) is 0 Å². The molecule has 0 N–H and O–H groups in total. The molecule has 4 aromatic rings. The first-order chi connectivity index (χ1) is 15.9. The van der Waals surface area contributed by atoms with Crippen molar-refractivity contribution in [1.29, 1.82) is 0 Å². The minimum Gasteiger partial charge on any atom is -0.206 e. The van der Waals surface area contributed by atoms with Crippen LogP contribution < -0.4 is 0 Å². The fourth-order valence-electron chi connectivity index (χ4n) is 3.82. The van der Waals surface area contributed by atoms with E-state index < -0.39 is 23.3 Å². The summed E-state index contributed by atoms with van der Waals surface area (Å²) in [6.45, 7) is 2.14. The summed E-state index contributed by atoms with van der Waals surface area (Å²) < 4.78 is 56.4. The smallest absolute Gasteiger partial charge is 0.166 e. The quantitative estimate of drug-likeness (QED) is 0.220. The average molecular weight is 446 g/mol. The third-order valence-electron chi connectivity index (χ3n) is 5.60. The Hall–Kier alpha value is -3.58. The van der Waals surface area contributed by atoms with Crippen molar-refractivity contribution in [3.63, 3.8) is 0 Å². The third kappa shape index (κ3) is 5.26. The van der Waals surface area contributed by atoms with E-state index in [-0.39, 0.29) is 10.9 Å². The summed E-state index contributed by atoms with van der Waals surface area (Å²) in [6.07, 6.45) is 3.33. The fourth-order valence-corrected chi connectivity index (χ4v) is 3.82. The molecule has 0 spiro atoms. The van der Waals surface area contributed by atoms with Crippen molar-refractivity contribution in [3.8, 4) is 11.8 Å². The van der Waals surface area contributed by atoms with E-state index in [4.69, 9.17) is 0 Å². The first-order valence-corrected chi connectivity index (χ1v) is 10.9. The highest BCUT2D eigenvalue weighted by Crippen LogP contribution is 2.22. The number of hydrogen-bond acceptors (Lipinski definition) is 0. The number of rotatable bonds is 5. The monoisotopic (exact) mass is 446 g/mol. The largest absolute Gasteiger partial charge is 0.206 e. The first kappa shape index (κ1) is 22.6. The van der Waals surface area contributed by atoms with Crippen LogP contribution in [-0.4, -0.2) is 0 Å². The van der Waals surface area contributed by atoms with Crippen molar-refractivity contribution in [2.45, 2.75) is 32.6 Å². The molecule has 0 saturated carbocycles. The molecule has 0 aliphatic carbocycles. The lowest BCUT2D eigenvalue weighted by Gasteiger charge is -2.06. The zero-order chi connectivity index (χ0) is 23.4. The van der Waals surface area contributed by atoms with Crippen molar-refractivity contribution in [1.82, 2.24) is 0 Å². The van der Waals surface area contributed by atoms with Gasteiger partial charge < -0.3 is 0 Å². The molecule has 0 aliphatic rings. The van der Waals surface area contributed by atoms with E-state index in [0.717, 1.165) is 24.5 Å². The molecule has 4 rings (SSSR count). The highest BCUT2D eigenvalue weighted by molar-refractivity contribution is 5.84. The molecule has 0 amide bonds. The van der Waals surface area contributed by atoms with E-state index in [2.05, 4.69) is 43.0 Å². The molecule has 0 bridgehead atoms. The van der Waals surface area contributed by atoms with E-state index >= 15 is 0 Å². The summed E-state index contributed by atoms with van der Waals surface area (Å²) in [7, 11) is 0. The molecule has 33 heavy (non-hydrogen) atoms. The highest BCUT2D eigenvalue weighted by atomic mass is 19.2. The zero-order valence-electron chi connectivity index (χ0n) is 18.2. The normalized spacial score (nSPS) is 10.8. The average Bonchev–Trinajstić information content (AvgIpc) is 2.81. The minimum atomic E-state index is -0.934. The van der Waals surface area contributed by atoms with Gasteiger partial charge in [0.05, 0.1) is 5.56 Å². The fraction of sp³-hybridized carbons (Fsp3) is 0.172. The number of hydrogen-bond donors (Lipinski definition) is 0. The van der Waals surface area contributed by atoms with Gasteiger partial charge in [0.2, 0.25) is 0 Å². The van der Waals surface area contributed by atoms with Gasteiger partial charge in [-0.1, -0.05) is 61.6 Å². The van der Waals surface area contributed by atoms with Gasteiger partial charge in [-0.25, -0.2) is 17.6 Å². The van der Waals surface area contributed by atoms with Crippen molar-refractivity contribution in [3.05, 3.63) is 118 Å². The predicted octanol–water partition coefficient (Wildman–Crippen LogP) is 7.53. The summed E-state index contributed by atoms with van der Waals surface area (Å²) in [5.41, 5.74) is 3.10. The van der Waals surface area contributed by atoms with E-state index in [1.54, 1.807) is 6.07 Å². The number of aryl methyl sites for hydroxylation is 3. The van der Waals surface area contributed by atoms with E-state index in [0.29, 0.717) is 29.4 Å². The molecule has 0 fully saturated rings. The number of benzene rings is 4. The molecular weight excluding hydrogens is 424 g/mol. The Morgan fingerprint density at radius 2 is 1.24 bits per heavy atom. The lowest BCUT2D eigenvalue weighted by atomic mass is 10.0. The molecular formula is C29H22F4. The Balaban J connectivity index is 1.50. The molecule has 4 heteroatoms. The molecule has 0 atom stereocenters. The topological polar surface area (TPSA) is 0 Å². The van der Waals surface area contributed by atoms with Crippen LogP contribution in [0.25, 0.3) is 10.8 Å². The maximum absolute atomic E-state index is 14.6. The molecule has 0 aromatic heterocycles. The lowest BCUT2D eigenvalue weighted by molar-refractivity contribution is 0.517. The molecule has 4 aromatic carbocycles. The van der Waals surface area contributed by atoms with Crippen molar-refractivity contribution >= 4 is 10.8 Å². The van der Waals surface area contributed by atoms with Crippen LogP contribution >= 0.6 is 0 Å². The van der Waals surface area contributed by atoms with E-state index in [1.165, 1.54) is 35.9 Å². The van der Waals surface area contributed by atoms with E-state index in [9.17, 15) is 17.6 Å². The van der Waals surface area contributed by atoms with Gasteiger partial charge in [-0.3, -0.25) is 0 Å². The summed E-state index contributed by atoms with van der Waals surface area (Å²) in [5, 5.41) is 0.585. The molecule has 0 heterocycles. The van der Waals surface area contributed by atoms with Crippen molar-refractivity contribution < 1.29 is 17.6 Å². The zero-order valence-corrected chi connectivity index (χ0v) is 18.2. The Morgan fingerprint density at radius 3 is 1.91 bits per heavy atom. The van der Waals surface area contributed by atoms with Crippen LogP contribution in [0.15, 0.2) is 66.7 Å². The van der Waals surface area contributed by atoms with Gasteiger partial charge in [-0.2, -0.15) is 0 Å². The SMILES string of the molecule is CCCc1ccc(CCc2cc(F)c(C#Cc3ccc4c(F)c(F)ccc4c3)c(F)c2)cc1. The van der Waals surface area contributed by atoms with Crippen LogP contribution in [0.4, 0.5) is 17.6 Å². The second kappa shape index (κ2) is 9.92. The minimum absolute atomic E-state index is 0.127. The maximum atomic E-state index is 14.6.